The molecule has 0 aliphatic heterocycles. The molecular weight excluding hydrogens is 250 g/mol. The van der Waals surface area contributed by atoms with Crippen LogP contribution in [0, 0.1) is 0 Å². The van der Waals surface area contributed by atoms with Crippen molar-refractivity contribution in [1.29, 1.82) is 0 Å². The van der Waals surface area contributed by atoms with E-state index in [1.54, 1.807) is 0 Å². The Hall–Kier alpha value is -1.25. The van der Waals surface area contributed by atoms with Crippen LogP contribution in [0.2, 0.25) is 0 Å². The Morgan fingerprint density at radius 3 is 2.42 bits per heavy atom. The van der Waals surface area contributed by atoms with Crippen molar-refractivity contribution < 1.29 is 0 Å². The van der Waals surface area contributed by atoms with E-state index in [2.05, 4.69) is 54.6 Å². The molecule has 2 rings (SSSR count). The summed E-state index contributed by atoms with van der Waals surface area (Å²) in [7, 11) is 0. The molecule has 1 nitrogen and oxygen atoms in total. The second kappa shape index (κ2) is 8.03. The molecule has 0 aliphatic carbocycles. The molecule has 0 spiro atoms. The summed E-state index contributed by atoms with van der Waals surface area (Å²) in [5, 5.41) is 0. The molecule has 0 heterocycles. The van der Waals surface area contributed by atoms with Gasteiger partial charge in [0.2, 0.25) is 0 Å². The highest BCUT2D eigenvalue weighted by Crippen LogP contribution is 2.20. The third kappa shape index (κ3) is 5.09. The van der Waals surface area contributed by atoms with Crippen LogP contribution in [-0.4, -0.2) is 5.75 Å². The summed E-state index contributed by atoms with van der Waals surface area (Å²) in [4.78, 5) is 1.34. The molecule has 0 atom stereocenters. The van der Waals surface area contributed by atoms with Gasteiger partial charge in [-0.3, -0.25) is 0 Å². The molecule has 19 heavy (non-hydrogen) atoms. The van der Waals surface area contributed by atoms with E-state index in [0.29, 0.717) is 6.54 Å². The van der Waals surface area contributed by atoms with E-state index < -0.39 is 0 Å². The van der Waals surface area contributed by atoms with Crippen molar-refractivity contribution in [3.63, 3.8) is 0 Å². The first-order valence-corrected chi connectivity index (χ1v) is 7.83. The van der Waals surface area contributed by atoms with E-state index in [-0.39, 0.29) is 0 Å². The smallest absolute Gasteiger partial charge is 0.0178 e. The van der Waals surface area contributed by atoms with E-state index >= 15 is 0 Å². The van der Waals surface area contributed by atoms with Gasteiger partial charge in [0.1, 0.15) is 0 Å². The molecule has 2 heteroatoms. The van der Waals surface area contributed by atoms with E-state index in [9.17, 15) is 0 Å². The van der Waals surface area contributed by atoms with Gasteiger partial charge in [-0.25, -0.2) is 0 Å². The minimum atomic E-state index is 0.627. The predicted molar refractivity (Wildman–Crippen MR) is 84.4 cm³/mol. The molecule has 2 aromatic rings. The maximum absolute atomic E-state index is 5.65. The van der Waals surface area contributed by atoms with E-state index in [4.69, 9.17) is 5.73 Å². The summed E-state index contributed by atoms with van der Waals surface area (Å²) in [6.07, 6.45) is 3.70. The molecule has 2 N–H and O–H groups in total. The predicted octanol–water partition coefficient (Wildman–Crippen LogP) is 4.26. The first kappa shape index (κ1) is 14.2. The summed E-state index contributed by atoms with van der Waals surface area (Å²) >= 11 is 1.93. The van der Waals surface area contributed by atoms with Gasteiger partial charge >= 0.3 is 0 Å². The fraction of sp³-hybridized carbons (Fsp3) is 0.294. The van der Waals surface area contributed by atoms with Crippen molar-refractivity contribution in [2.24, 2.45) is 5.73 Å². The maximum Gasteiger partial charge on any atom is 0.0178 e. The Balaban J connectivity index is 1.66. The van der Waals surface area contributed by atoms with Gasteiger partial charge in [0.15, 0.2) is 0 Å². The zero-order valence-corrected chi connectivity index (χ0v) is 12.0. The molecule has 0 aliphatic rings. The fourth-order valence-corrected chi connectivity index (χ4v) is 3.02. The first-order chi connectivity index (χ1) is 9.38. The van der Waals surface area contributed by atoms with Crippen LogP contribution in [-0.2, 0) is 13.0 Å². The van der Waals surface area contributed by atoms with E-state index in [1.807, 2.05) is 11.8 Å². The van der Waals surface area contributed by atoms with Crippen molar-refractivity contribution in [3.05, 3.63) is 65.7 Å². The van der Waals surface area contributed by atoms with Crippen LogP contribution in [0.5, 0.6) is 0 Å². The van der Waals surface area contributed by atoms with Crippen molar-refractivity contribution in [2.75, 3.05) is 5.75 Å². The number of aryl methyl sites for hydroxylation is 1. The second-order valence-corrected chi connectivity index (χ2v) is 5.81. The molecule has 0 aromatic heterocycles. The number of nitrogens with two attached hydrogens (primary N) is 1. The zero-order chi connectivity index (χ0) is 13.3. The Morgan fingerprint density at radius 1 is 0.842 bits per heavy atom. The number of hydrogen-bond acceptors (Lipinski definition) is 2. The largest absolute Gasteiger partial charge is 0.326 e. The van der Waals surface area contributed by atoms with E-state index in [1.165, 1.54) is 41.0 Å². The quantitative estimate of drug-likeness (QED) is 0.601. The van der Waals surface area contributed by atoms with Gasteiger partial charge in [-0.2, -0.15) is 0 Å². The summed E-state index contributed by atoms with van der Waals surface area (Å²) in [5.41, 5.74) is 8.31. The molecule has 2 aromatic carbocycles. The molecule has 0 fully saturated rings. The molecular formula is C17H21NS. The third-order valence-electron chi connectivity index (χ3n) is 3.11. The number of unbranched alkanes of at least 4 members (excludes halogenated alkanes) is 1. The summed E-state index contributed by atoms with van der Waals surface area (Å²) in [6, 6.07) is 19.3. The van der Waals surface area contributed by atoms with Crippen LogP contribution >= 0.6 is 11.8 Å². The number of hydrogen-bond donors (Lipinski definition) is 1. The highest BCUT2D eigenvalue weighted by molar-refractivity contribution is 7.99. The van der Waals surface area contributed by atoms with Crippen LogP contribution in [0.3, 0.4) is 0 Å². The van der Waals surface area contributed by atoms with Gasteiger partial charge < -0.3 is 5.73 Å². The maximum atomic E-state index is 5.65. The van der Waals surface area contributed by atoms with Crippen molar-refractivity contribution in [2.45, 2.75) is 30.7 Å². The van der Waals surface area contributed by atoms with Crippen molar-refractivity contribution >= 4 is 11.8 Å². The Labute approximate surface area is 120 Å². The van der Waals surface area contributed by atoms with Gasteiger partial charge in [-0.05, 0) is 48.3 Å². The topological polar surface area (TPSA) is 26.0 Å². The molecule has 0 bridgehead atoms. The van der Waals surface area contributed by atoms with Crippen molar-refractivity contribution in [3.8, 4) is 0 Å². The Morgan fingerprint density at radius 2 is 1.63 bits per heavy atom. The number of benzene rings is 2. The van der Waals surface area contributed by atoms with Gasteiger partial charge in [0, 0.05) is 11.4 Å². The summed E-state index contributed by atoms with van der Waals surface area (Å²) in [5.74, 6) is 1.18. The van der Waals surface area contributed by atoms with Gasteiger partial charge in [0.05, 0.1) is 0 Å². The highest BCUT2D eigenvalue weighted by atomic mass is 32.2. The lowest BCUT2D eigenvalue weighted by Crippen LogP contribution is -1.95. The van der Waals surface area contributed by atoms with Gasteiger partial charge in [0.25, 0.3) is 0 Å². The molecule has 100 valence electrons. The van der Waals surface area contributed by atoms with Crippen LogP contribution in [0.4, 0.5) is 0 Å². The Kier molecular flexibility index (Phi) is 5.99. The van der Waals surface area contributed by atoms with E-state index in [0.717, 1.165) is 0 Å². The third-order valence-corrected chi connectivity index (χ3v) is 4.19. The van der Waals surface area contributed by atoms with Crippen LogP contribution in [0.1, 0.15) is 24.0 Å². The lowest BCUT2D eigenvalue weighted by atomic mass is 10.1. The first-order valence-electron chi connectivity index (χ1n) is 6.84. The molecule has 0 saturated heterocycles. The number of rotatable bonds is 7. The lowest BCUT2D eigenvalue weighted by molar-refractivity contribution is 0.802. The van der Waals surface area contributed by atoms with Gasteiger partial charge in [-0.1, -0.05) is 42.5 Å². The SMILES string of the molecule is NCc1cccc(SCCCCc2ccccc2)c1. The zero-order valence-electron chi connectivity index (χ0n) is 11.2. The monoisotopic (exact) mass is 271 g/mol. The second-order valence-electron chi connectivity index (χ2n) is 4.64. The van der Waals surface area contributed by atoms with Crippen LogP contribution in [0.15, 0.2) is 59.5 Å². The number of thioether (sulfide) groups is 1. The average Bonchev–Trinajstić information content (AvgIpc) is 2.48. The minimum absolute atomic E-state index is 0.627. The average molecular weight is 271 g/mol. The molecule has 0 radical (unpaired) electrons. The molecule has 0 saturated carbocycles. The van der Waals surface area contributed by atoms with Crippen LogP contribution < -0.4 is 5.73 Å². The minimum Gasteiger partial charge on any atom is -0.326 e. The fourth-order valence-electron chi connectivity index (χ4n) is 2.03. The normalized spacial score (nSPS) is 10.6. The molecule has 0 unspecified atom stereocenters. The van der Waals surface area contributed by atoms with Gasteiger partial charge in [-0.15, -0.1) is 11.8 Å². The summed E-state index contributed by atoms with van der Waals surface area (Å²) in [6.45, 7) is 0.627. The molecule has 0 amide bonds. The van der Waals surface area contributed by atoms with Crippen LogP contribution in [0.25, 0.3) is 0 Å². The lowest BCUT2D eigenvalue weighted by Gasteiger charge is -2.04. The van der Waals surface area contributed by atoms with Crippen molar-refractivity contribution in [1.82, 2.24) is 0 Å². The summed E-state index contributed by atoms with van der Waals surface area (Å²) < 4.78 is 0. The standard InChI is InChI=1S/C17H21NS/c18-14-16-10-6-11-17(13-16)19-12-5-4-9-15-7-2-1-3-8-15/h1-3,6-8,10-11,13H,4-5,9,12,14,18H2. The Bertz CT molecular complexity index is 482. The highest BCUT2D eigenvalue weighted by Gasteiger charge is 1.97.